The smallest absolute Gasteiger partial charge is 0.269 e. The Bertz CT molecular complexity index is 452. The van der Waals surface area contributed by atoms with Gasteiger partial charge in [-0.1, -0.05) is 11.6 Å². The lowest BCUT2D eigenvalue weighted by atomic mass is 10.2. The van der Waals surface area contributed by atoms with Crippen LogP contribution in [0.4, 0.5) is 0 Å². The minimum atomic E-state index is -0.294. The van der Waals surface area contributed by atoms with Gasteiger partial charge in [-0.15, -0.1) is 0 Å². The molecule has 0 heterocycles. The molecule has 0 aliphatic heterocycles. The maximum Gasteiger partial charge on any atom is 0.269 e. The molecule has 0 fully saturated rings. The number of carbonyl (C=O) groups is 2. The Morgan fingerprint density at radius 1 is 1.12 bits per heavy atom. The minimum Gasteiger partial charge on any atom is -0.303 e. The maximum absolute atomic E-state index is 11.6. The topological polar surface area (TPSA) is 58.2 Å². The van der Waals surface area contributed by atoms with Crippen molar-refractivity contribution < 1.29 is 9.59 Å². The molecule has 0 radical (unpaired) electrons. The predicted molar refractivity (Wildman–Crippen MR) is 66.5 cm³/mol. The second-order valence-electron chi connectivity index (χ2n) is 3.52. The molecule has 1 rings (SSSR count). The van der Waals surface area contributed by atoms with E-state index in [1.807, 2.05) is 0 Å². The van der Waals surface area contributed by atoms with E-state index in [4.69, 9.17) is 11.6 Å². The van der Waals surface area contributed by atoms with Gasteiger partial charge in [0.25, 0.3) is 5.91 Å². The van der Waals surface area contributed by atoms with E-state index in [9.17, 15) is 9.59 Å². The molecule has 17 heavy (non-hydrogen) atoms. The molecule has 0 aromatic heterocycles. The summed E-state index contributed by atoms with van der Waals surface area (Å²) in [7, 11) is 0. The van der Waals surface area contributed by atoms with Crippen LogP contribution >= 0.6 is 11.6 Å². The van der Waals surface area contributed by atoms with E-state index in [-0.39, 0.29) is 11.7 Å². The van der Waals surface area contributed by atoms with Gasteiger partial charge in [-0.25, -0.2) is 0 Å². The number of amides is 1. The SMILES string of the molecule is CC(=O)/C=C(\C)NNC(=O)c1ccc(Cl)cc1. The molecule has 2 N–H and O–H groups in total. The zero-order valence-electron chi connectivity index (χ0n) is 9.58. The van der Waals surface area contributed by atoms with Crippen LogP contribution in [0.2, 0.25) is 5.02 Å². The predicted octanol–water partition coefficient (Wildman–Crippen LogP) is 2.07. The normalized spacial score (nSPS) is 10.9. The van der Waals surface area contributed by atoms with Crippen molar-refractivity contribution >= 4 is 23.3 Å². The summed E-state index contributed by atoms with van der Waals surface area (Å²) in [6.07, 6.45) is 1.39. The lowest BCUT2D eigenvalue weighted by Gasteiger charge is -2.08. The monoisotopic (exact) mass is 252 g/mol. The second-order valence-corrected chi connectivity index (χ2v) is 3.96. The number of carbonyl (C=O) groups excluding carboxylic acids is 2. The summed E-state index contributed by atoms with van der Waals surface area (Å²) in [4.78, 5) is 22.4. The Morgan fingerprint density at radius 2 is 1.71 bits per heavy atom. The standard InChI is InChI=1S/C12H13ClN2O2/c1-8(7-9(2)16)14-15-12(17)10-3-5-11(13)6-4-10/h3-7,14H,1-2H3,(H,15,17)/b8-7+. The lowest BCUT2D eigenvalue weighted by Crippen LogP contribution is -2.36. The van der Waals surface area contributed by atoms with E-state index >= 15 is 0 Å². The molecule has 0 saturated carbocycles. The zero-order valence-corrected chi connectivity index (χ0v) is 10.3. The molecule has 0 saturated heterocycles. The summed E-state index contributed by atoms with van der Waals surface area (Å²) in [5, 5.41) is 0.571. The number of halogens is 1. The molecule has 1 aromatic rings. The van der Waals surface area contributed by atoms with Crippen molar-refractivity contribution in [2.24, 2.45) is 0 Å². The third-order valence-electron chi connectivity index (χ3n) is 1.90. The van der Waals surface area contributed by atoms with Crippen molar-refractivity contribution in [3.8, 4) is 0 Å². The summed E-state index contributed by atoms with van der Waals surface area (Å²) in [6.45, 7) is 3.12. The van der Waals surface area contributed by atoms with Crippen LogP contribution in [0.3, 0.4) is 0 Å². The van der Waals surface area contributed by atoms with E-state index in [2.05, 4.69) is 10.9 Å². The van der Waals surface area contributed by atoms with Gasteiger partial charge in [0.1, 0.15) is 0 Å². The Hall–Kier alpha value is -1.81. The number of ketones is 1. The fraction of sp³-hybridized carbons (Fsp3) is 0.167. The fourth-order valence-corrected chi connectivity index (χ4v) is 1.30. The molecule has 0 unspecified atom stereocenters. The van der Waals surface area contributed by atoms with Crippen molar-refractivity contribution in [3.63, 3.8) is 0 Å². The van der Waals surface area contributed by atoms with Crippen molar-refractivity contribution in [1.29, 1.82) is 0 Å². The Morgan fingerprint density at radius 3 is 2.24 bits per heavy atom. The van der Waals surface area contributed by atoms with Crippen LogP contribution in [0.25, 0.3) is 0 Å². The highest BCUT2D eigenvalue weighted by Crippen LogP contribution is 2.08. The Balaban J connectivity index is 2.56. The summed E-state index contributed by atoms with van der Waals surface area (Å²) in [5.41, 5.74) is 6.16. The van der Waals surface area contributed by atoms with E-state index in [1.165, 1.54) is 13.0 Å². The van der Waals surface area contributed by atoms with Crippen molar-refractivity contribution in [1.82, 2.24) is 10.9 Å². The average molecular weight is 253 g/mol. The molecule has 90 valence electrons. The third kappa shape index (κ3) is 4.70. The molecular formula is C12H13ClN2O2. The molecule has 0 aliphatic rings. The summed E-state index contributed by atoms with van der Waals surface area (Å²) in [5.74, 6) is -0.381. The lowest BCUT2D eigenvalue weighted by molar-refractivity contribution is -0.112. The van der Waals surface area contributed by atoms with E-state index < -0.39 is 0 Å². The van der Waals surface area contributed by atoms with Crippen LogP contribution in [-0.2, 0) is 4.79 Å². The molecule has 1 amide bonds. The molecule has 1 aromatic carbocycles. The molecule has 0 atom stereocenters. The highest BCUT2D eigenvalue weighted by atomic mass is 35.5. The van der Waals surface area contributed by atoms with Crippen LogP contribution in [0, 0.1) is 0 Å². The van der Waals surface area contributed by atoms with E-state index in [0.29, 0.717) is 16.3 Å². The van der Waals surface area contributed by atoms with Gasteiger partial charge in [0, 0.05) is 22.4 Å². The zero-order chi connectivity index (χ0) is 12.8. The van der Waals surface area contributed by atoms with E-state index in [1.54, 1.807) is 31.2 Å². The van der Waals surface area contributed by atoms with Gasteiger partial charge in [0.15, 0.2) is 5.78 Å². The first-order valence-corrected chi connectivity index (χ1v) is 5.37. The van der Waals surface area contributed by atoms with Gasteiger partial charge in [-0.05, 0) is 38.1 Å². The molecular weight excluding hydrogens is 240 g/mol. The van der Waals surface area contributed by atoms with Gasteiger partial charge in [0.05, 0.1) is 0 Å². The largest absolute Gasteiger partial charge is 0.303 e. The van der Waals surface area contributed by atoms with Crippen molar-refractivity contribution in [3.05, 3.63) is 46.6 Å². The van der Waals surface area contributed by atoms with Crippen molar-refractivity contribution in [2.45, 2.75) is 13.8 Å². The summed E-state index contributed by atoms with van der Waals surface area (Å²) in [6, 6.07) is 6.50. The number of hydrogen-bond donors (Lipinski definition) is 2. The number of nitrogens with one attached hydrogen (secondary N) is 2. The first-order valence-electron chi connectivity index (χ1n) is 5.00. The number of hydrazine groups is 1. The Labute approximate surface area is 105 Å². The van der Waals surface area contributed by atoms with Crippen LogP contribution < -0.4 is 10.9 Å². The van der Waals surface area contributed by atoms with Gasteiger partial charge >= 0.3 is 0 Å². The highest BCUT2D eigenvalue weighted by molar-refractivity contribution is 6.30. The van der Waals surface area contributed by atoms with Gasteiger partial charge in [0.2, 0.25) is 0 Å². The molecule has 0 bridgehead atoms. The quantitative estimate of drug-likeness (QED) is 0.637. The third-order valence-corrected chi connectivity index (χ3v) is 2.15. The van der Waals surface area contributed by atoms with Gasteiger partial charge < -0.3 is 5.43 Å². The van der Waals surface area contributed by atoms with Gasteiger partial charge in [-0.3, -0.25) is 15.0 Å². The fourth-order valence-electron chi connectivity index (χ4n) is 1.17. The van der Waals surface area contributed by atoms with Crippen LogP contribution in [0.15, 0.2) is 36.0 Å². The maximum atomic E-state index is 11.6. The minimum absolute atomic E-state index is 0.0873. The van der Waals surface area contributed by atoms with Gasteiger partial charge in [-0.2, -0.15) is 0 Å². The van der Waals surface area contributed by atoms with Crippen molar-refractivity contribution in [2.75, 3.05) is 0 Å². The summed E-state index contributed by atoms with van der Waals surface area (Å²) < 4.78 is 0. The van der Waals surface area contributed by atoms with Crippen LogP contribution in [-0.4, -0.2) is 11.7 Å². The number of benzene rings is 1. The molecule has 0 spiro atoms. The number of allylic oxidation sites excluding steroid dienone is 2. The molecule has 5 heteroatoms. The molecule has 0 aliphatic carbocycles. The van der Waals surface area contributed by atoms with Crippen LogP contribution in [0.1, 0.15) is 24.2 Å². The highest BCUT2D eigenvalue weighted by Gasteiger charge is 2.04. The van der Waals surface area contributed by atoms with Crippen LogP contribution in [0.5, 0.6) is 0 Å². The summed E-state index contributed by atoms with van der Waals surface area (Å²) >= 11 is 5.71. The number of rotatable bonds is 4. The Kier molecular flexibility index (Phi) is 4.72. The first-order chi connectivity index (χ1) is 7.99. The molecule has 4 nitrogen and oxygen atoms in total. The van der Waals surface area contributed by atoms with E-state index in [0.717, 1.165) is 0 Å². The number of hydrogen-bond acceptors (Lipinski definition) is 3. The second kappa shape index (κ2) is 6.06. The average Bonchev–Trinajstić information content (AvgIpc) is 2.26. The first kappa shape index (κ1) is 13.3.